The molecule has 0 unspecified atom stereocenters. The molecule has 0 aliphatic heterocycles. The summed E-state index contributed by atoms with van der Waals surface area (Å²) < 4.78 is 8.40. The highest BCUT2D eigenvalue weighted by atomic mass is 79.9. The minimum atomic E-state index is -1.26. The standard InChI is InChI=1S/C14H20BrN3OSi/c1-19-9-13-14(11-5-7-12(15)8-6-11)16-17-18(13)10-20(2,3)4/h5-8H,9-10H2,1-4H3. The second kappa shape index (κ2) is 6.20. The third kappa shape index (κ3) is 3.77. The summed E-state index contributed by atoms with van der Waals surface area (Å²) in [5, 5.41) is 8.69. The van der Waals surface area contributed by atoms with Gasteiger partial charge in [0, 0.05) is 23.3 Å². The molecule has 1 aromatic carbocycles. The first-order valence-electron chi connectivity index (χ1n) is 6.58. The van der Waals surface area contributed by atoms with E-state index < -0.39 is 8.07 Å². The fourth-order valence-electron chi connectivity index (χ4n) is 2.02. The molecule has 2 aromatic rings. The van der Waals surface area contributed by atoms with Gasteiger partial charge >= 0.3 is 0 Å². The monoisotopic (exact) mass is 353 g/mol. The quantitative estimate of drug-likeness (QED) is 0.768. The highest BCUT2D eigenvalue weighted by Gasteiger charge is 2.20. The lowest BCUT2D eigenvalue weighted by molar-refractivity contribution is 0.178. The lowest BCUT2D eigenvalue weighted by Crippen LogP contribution is -2.29. The fourth-order valence-corrected chi connectivity index (χ4v) is 3.44. The van der Waals surface area contributed by atoms with Gasteiger partial charge in [0.05, 0.1) is 20.4 Å². The van der Waals surface area contributed by atoms with Crippen molar-refractivity contribution in [2.45, 2.75) is 32.4 Å². The van der Waals surface area contributed by atoms with E-state index in [1.165, 1.54) is 0 Å². The van der Waals surface area contributed by atoms with Gasteiger partial charge in [-0.15, -0.1) is 5.10 Å². The van der Waals surface area contributed by atoms with Crippen molar-refractivity contribution in [2.24, 2.45) is 0 Å². The number of nitrogens with zero attached hydrogens (tertiary/aromatic N) is 3. The van der Waals surface area contributed by atoms with E-state index in [2.05, 4.69) is 45.9 Å². The topological polar surface area (TPSA) is 39.9 Å². The predicted octanol–water partition coefficient (Wildman–Crippen LogP) is 3.73. The Hall–Kier alpha value is -0.983. The summed E-state index contributed by atoms with van der Waals surface area (Å²) in [6.07, 6.45) is 0.954. The Bertz CT molecular complexity index is 575. The summed E-state index contributed by atoms with van der Waals surface area (Å²) in [4.78, 5) is 0. The van der Waals surface area contributed by atoms with Crippen LogP contribution in [0.3, 0.4) is 0 Å². The van der Waals surface area contributed by atoms with Crippen molar-refractivity contribution in [1.82, 2.24) is 15.0 Å². The second-order valence-corrected chi connectivity index (χ2v) is 12.4. The maximum absolute atomic E-state index is 5.33. The molecule has 0 atom stereocenters. The Labute approximate surface area is 129 Å². The highest BCUT2D eigenvalue weighted by molar-refractivity contribution is 9.10. The molecule has 0 fully saturated rings. The molecule has 1 aromatic heterocycles. The maximum Gasteiger partial charge on any atom is 0.118 e. The van der Waals surface area contributed by atoms with E-state index in [1.807, 2.05) is 28.9 Å². The average Bonchev–Trinajstić information content (AvgIpc) is 2.72. The third-order valence-corrected chi connectivity index (χ3v) is 4.64. The summed E-state index contributed by atoms with van der Waals surface area (Å²) in [5.74, 6) is 0. The fraction of sp³-hybridized carbons (Fsp3) is 0.429. The molecule has 0 aliphatic rings. The van der Waals surface area contributed by atoms with Gasteiger partial charge in [-0.3, -0.25) is 0 Å². The Morgan fingerprint density at radius 2 is 1.85 bits per heavy atom. The summed E-state index contributed by atoms with van der Waals surface area (Å²) in [6.45, 7) is 7.50. The molecule has 0 amide bonds. The number of rotatable bonds is 5. The van der Waals surface area contributed by atoms with Crippen LogP contribution in [0.4, 0.5) is 0 Å². The van der Waals surface area contributed by atoms with Gasteiger partial charge in [0.25, 0.3) is 0 Å². The highest BCUT2D eigenvalue weighted by Crippen LogP contribution is 2.24. The smallest absolute Gasteiger partial charge is 0.118 e. The van der Waals surface area contributed by atoms with Gasteiger partial charge in [-0.05, 0) is 12.1 Å². The minimum Gasteiger partial charge on any atom is -0.378 e. The lowest BCUT2D eigenvalue weighted by Gasteiger charge is -2.17. The van der Waals surface area contributed by atoms with Crippen molar-refractivity contribution in [2.75, 3.05) is 7.11 Å². The van der Waals surface area contributed by atoms with Crippen LogP contribution in [0.15, 0.2) is 28.7 Å². The van der Waals surface area contributed by atoms with E-state index in [0.29, 0.717) is 6.61 Å². The van der Waals surface area contributed by atoms with Gasteiger partial charge in [0.2, 0.25) is 0 Å². The molecular weight excluding hydrogens is 334 g/mol. The normalized spacial score (nSPS) is 11.8. The number of aromatic nitrogens is 3. The molecule has 0 bridgehead atoms. The van der Waals surface area contributed by atoms with Crippen LogP contribution in [0.1, 0.15) is 5.69 Å². The number of hydrogen-bond donors (Lipinski definition) is 0. The van der Waals surface area contributed by atoms with Gasteiger partial charge in [-0.25, -0.2) is 4.68 Å². The molecule has 20 heavy (non-hydrogen) atoms. The Kier molecular flexibility index (Phi) is 4.77. The molecular formula is C14H20BrN3OSi. The van der Waals surface area contributed by atoms with Crippen LogP contribution in [0.5, 0.6) is 0 Å². The van der Waals surface area contributed by atoms with Gasteiger partial charge in [-0.1, -0.05) is 52.9 Å². The van der Waals surface area contributed by atoms with Gasteiger partial charge < -0.3 is 4.74 Å². The minimum absolute atomic E-state index is 0.531. The molecule has 0 spiro atoms. The van der Waals surface area contributed by atoms with E-state index in [-0.39, 0.29) is 0 Å². The zero-order valence-corrected chi connectivity index (χ0v) is 14.9. The van der Waals surface area contributed by atoms with Crippen molar-refractivity contribution in [3.05, 3.63) is 34.4 Å². The van der Waals surface area contributed by atoms with Gasteiger partial charge in [-0.2, -0.15) is 0 Å². The largest absolute Gasteiger partial charge is 0.378 e. The molecule has 0 aliphatic carbocycles. The number of benzene rings is 1. The summed E-state index contributed by atoms with van der Waals surface area (Å²) in [7, 11) is 0.448. The molecule has 0 saturated heterocycles. The SMILES string of the molecule is COCc1c(-c2ccc(Br)cc2)nnn1C[Si](C)(C)C. The van der Waals surface area contributed by atoms with E-state index in [0.717, 1.165) is 27.6 Å². The van der Waals surface area contributed by atoms with Crippen molar-refractivity contribution >= 4 is 24.0 Å². The molecule has 6 heteroatoms. The zero-order chi connectivity index (χ0) is 14.8. The summed E-state index contributed by atoms with van der Waals surface area (Å²) in [6, 6.07) is 8.13. The molecule has 2 rings (SSSR count). The molecule has 0 N–H and O–H groups in total. The van der Waals surface area contributed by atoms with Crippen LogP contribution in [0, 0.1) is 0 Å². The number of hydrogen-bond acceptors (Lipinski definition) is 3. The number of ether oxygens (including phenoxy) is 1. The van der Waals surface area contributed by atoms with Crippen molar-refractivity contribution < 1.29 is 4.74 Å². The summed E-state index contributed by atoms with van der Waals surface area (Å²) >= 11 is 3.45. The molecule has 1 heterocycles. The van der Waals surface area contributed by atoms with Crippen molar-refractivity contribution in [3.8, 4) is 11.3 Å². The first kappa shape index (κ1) is 15.4. The van der Waals surface area contributed by atoms with Crippen LogP contribution in [0.2, 0.25) is 19.6 Å². The molecule has 4 nitrogen and oxygen atoms in total. The number of halogens is 1. The second-order valence-electron chi connectivity index (χ2n) is 6.04. The van der Waals surface area contributed by atoms with Crippen molar-refractivity contribution in [1.29, 1.82) is 0 Å². The Morgan fingerprint density at radius 3 is 2.40 bits per heavy atom. The molecule has 108 valence electrons. The summed E-state index contributed by atoms with van der Waals surface area (Å²) in [5.41, 5.74) is 3.04. The Balaban J connectivity index is 2.40. The van der Waals surface area contributed by atoms with E-state index >= 15 is 0 Å². The van der Waals surface area contributed by atoms with Crippen LogP contribution >= 0.6 is 15.9 Å². The first-order chi connectivity index (χ1) is 9.40. The van der Waals surface area contributed by atoms with E-state index in [1.54, 1.807) is 7.11 Å². The lowest BCUT2D eigenvalue weighted by atomic mass is 10.1. The zero-order valence-electron chi connectivity index (χ0n) is 12.4. The van der Waals surface area contributed by atoms with Crippen LogP contribution in [0.25, 0.3) is 11.3 Å². The van der Waals surface area contributed by atoms with E-state index in [9.17, 15) is 0 Å². The predicted molar refractivity (Wildman–Crippen MR) is 87.2 cm³/mol. The van der Waals surface area contributed by atoms with Crippen molar-refractivity contribution in [3.63, 3.8) is 0 Å². The molecule has 0 saturated carbocycles. The van der Waals surface area contributed by atoms with Gasteiger partial charge in [0.15, 0.2) is 0 Å². The molecule has 0 radical (unpaired) electrons. The van der Waals surface area contributed by atoms with Crippen LogP contribution in [-0.4, -0.2) is 30.2 Å². The van der Waals surface area contributed by atoms with Crippen LogP contribution < -0.4 is 0 Å². The van der Waals surface area contributed by atoms with Crippen LogP contribution in [-0.2, 0) is 17.5 Å². The third-order valence-electron chi connectivity index (χ3n) is 2.86. The maximum atomic E-state index is 5.33. The first-order valence-corrected chi connectivity index (χ1v) is 11.1. The average molecular weight is 354 g/mol. The van der Waals surface area contributed by atoms with E-state index in [4.69, 9.17) is 4.74 Å². The Morgan fingerprint density at radius 1 is 1.20 bits per heavy atom. The number of methoxy groups -OCH3 is 1. The van der Waals surface area contributed by atoms with Gasteiger partial charge in [0.1, 0.15) is 5.69 Å².